The molecule has 0 saturated carbocycles. The van der Waals surface area contributed by atoms with Crippen LogP contribution in [0.15, 0.2) is 91.0 Å². The summed E-state index contributed by atoms with van der Waals surface area (Å²) in [6.07, 6.45) is -0.876. The Morgan fingerprint density at radius 1 is 0.676 bits per heavy atom. The van der Waals surface area contributed by atoms with E-state index in [-0.39, 0.29) is 0 Å². The lowest BCUT2D eigenvalue weighted by Gasteiger charge is -2.13. The van der Waals surface area contributed by atoms with E-state index in [1.54, 1.807) is 0 Å². The Morgan fingerprint density at radius 2 is 1.12 bits per heavy atom. The topological polar surface area (TPSA) is 46.5 Å². The molecule has 0 fully saturated rings. The number of carboxylic acids is 1. The van der Waals surface area contributed by atoms with E-state index in [4.69, 9.17) is 9.84 Å². The van der Waals surface area contributed by atoms with Gasteiger partial charge in [0, 0.05) is 0 Å². The van der Waals surface area contributed by atoms with Gasteiger partial charge in [0.15, 0.2) is 6.10 Å². The predicted molar refractivity (Wildman–Crippen MR) is 141 cm³/mol. The van der Waals surface area contributed by atoms with E-state index in [1.165, 1.54) is 40.3 Å². The van der Waals surface area contributed by atoms with Gasteiger partial charge in [-0.25, -0.2) is 4.79 Å². The van der Waals surface area contributed by atoms with Crippen LogP contribution in [0.25, 0.3) is 33.4 Å². The molecule has 0 aliphatic carbocycles. The molecular formula is C31H32O3. The lowest BCUT2D eigenvalue weighted by Crippen LogP contribution is -2.22. The first-order chi connectivity index (χ1) is 16.4. The molecule has 3 heteroatoms. The number of ether oxygens (including phenoxy) is 1. The van der Waals surface area contributed by atoms with Gasteiger partial charge < -0.3 is 9.84 Å². The summed E-state index contributed by atoms with van der Waals surface area (Å²) in [5.41, 5.74) is 9.44. The number of carboxylic acid groups (broad SMARTS) is 1. The van der Waals surface area contributed by atoms with Crippen molar-refractivity contribution < 1.29 is 14.6 Å². The molecule has 4 aromatic carbocycles. The molecule has 0 aliphatic heterocycles. The summed E-state index contributed by atoms with van der Waals surface area (Å²) in [7, 11) is 0. The van der Waals surface area contributed by atoms with Gasteiger partial charge in [-0.2, -0.15) is 0 Å². The molecular weight excluding hydrogens is 420 g/mol. The van der Waals surface area contributed by atoms with Crippen molar-refractivity contribution in [1.29, 1.82) is 0 Å². The van der Waals surface area contributed by atoms with E-state index >= 15 is 0 Å². The minimum Gasteiger partial charge on any atom is -0.479 e. The second-order valence-corrected chi connectivity index (χ2v) is 8.10. The van der Waals surface area contributed by atoms with Crippen LogP contribution >= 0.6 is 0 Å². The summed E-state index contributed by atoms with van der Waals surface area (Å²) < 4.78 is 5.42. The van der Waals surface area contributed by atoms with Crippen molar-refractivity contribution >= 4 is 5.97 Å². The molecule has 0 heterocycles. The third kappa shape index (κ3) is 5.93. The zero-order valence-electron chi connectivity index (χ0n) is 20.5. The molecule has 34 heavy (non-hydrogen) atoms. The van der Waals surface area contributed by atoms with Crippen LogP contribution in [0.4, 0.5) is 0 Å². The molecule has 0 radical (unpaired) electrons. The highest BCUT2D eigenvalue weighted by Crippen LogP contribution is 2.31. The van der Waals surface area contributed by atoms with Gasteiger partial charge in [0.1, 0.15) is 5.75 Å². The fourth-order valence-electron chi connectivity index (χ4n) is 3.74. The number of hydrogen-bond donors (Lipinski definition) is 1. The molecule has 0 amide bonds. The molecule has 0 unspecified atom stereocenters. The predicted octanol–water partition coefficient (Wildman–Crippen LogP) is 8.18. The third-order valence-electron chi connectivity index (χ3n) is 5.66. The molecule has 4 rings (SSSR count). The van der Waals surface area contributed by atoms with E-state index in [9.17, 15) is 4.79 Å². The zero-order valence-corrected chi connectivity index (χ0v) is 20.5. The minimum atomic E-state index is -0.979. The minimum absolute atomic E-state index is 0.548. The first-order valence-electron chi connectivity index (χ1n) is 11.7. The molecule has 174 valence electrons. The van der Waals surface area contributed by atoms with Crippen molar-refractivity contribution in [2.24, 2.45) is 0 Å². The van der Waals surface area contributed by atoms with Gasteiger partial charge in [-0.3, -0.25) is 0 Å². The highest BCUT2D eigenvalue weighted by atomic mass is 16.5. The molecule has 3 nitrogen and oxygen atoms in total. The molecule has 0 spiro atoms. The Labute approximate surface area is 202 Å². The molecule has 1 N–H and O–H groups in total. The smallest absolute Gasteiger partial charge is 0.344 e. The number of aryl methyl sites for hydroxylation is 2. The van der Waals surface area contributed by atoms with Crippen LogP contribution in [0.3, 0.4) is 0 Å². The Morgan fingerprint density at radius 3 is 1.62 bits per heavy atom. The summed E-state index contributed by atoms with van der Waals surface area (Å²) in [6.45, 7) is 9.73. The second-order valence-electron chi connectivity index (χ2n) is 8.10. The summed E-state index contributed by atoms with van der Waals surface area (Å²) in [5, 5.41) is 8.99. The van der Waals surface area contributed by atoms with E-state index in [0.717, 1.165) is 11.1 Å². The van der Waals surface area contributed by atoms with Crippen molar-refractivity contribution in [3.8, 4) is 39.1 Å². The van der Waals surface area contributed by atoms with Crippen LogP contribution < -0.4 is 4.74 Å². The van der Waals surface area contributed by atoms with E-state index < -0.39 is 12.1 Å². The van der Waals surface area contributed by atoms with Crippen LogP contribution in [0, 0.1) is 13.8 Å². The molecule has 1 atom stereocenters. The molecule has 0 bridgehead atoms. The van der Waals surface area contributed by atoms with Gasteiger partial charge in [-0.1, -0.05) is 98.3 Å². The standard InChI is InChI=1S/C29H26O3.C2H6/c1-19-4-6-22(7-5-19)23-8-10-24(11-9-23)26-14-17-28(20(2)18-26)25-12-15-27(16-13-25)32-21(3)29(30)31;1-2/h4-18,21H,1-3H3,(H,30,31);1-2H3/t21-;/m0./s1. The fourth-order valence-corrected chi connectivity index (χ4v) is 3.74. The van der Waals surface area contributed by atoms with Crippen molar-refractivity contribution in [3.63, 3.8) is 0 Å². The second kappa shape index (κ2) is 11.3. The molecule has 4 aromatic rings. The number of hydrogen-bond acceptors (Lipinski definition) is 2. The summed E-state index contributed by atoms with van der Waals surface area (Å²) in [6, 6.07) is 31.3. The quantitative estimate of drug-likeness (QED) is 0.321. The van der Waals surface area contributed by atoms with Gasteiger partial charge in [-0.05, 0) is 71.8 Å². The number of carbonyl (C=O) groups is 1. The lowest BCUT2D eigenvalue weighted by molar-refractivity contribution is -0.144. The average Bonchev–Trinajstić information content (AvgIpc) is 2.86. The monoisotopic (exact) mass is 452 g/mol. The van der Waals surface area contributed by atoms with Crippen molar-refractivity contribution in [1.82, 2.24) is 0 Å². The SMILES string of the molecule is CC.Cc1ccc(-c2ccc(-c3ccc(-c4ccc(O[C@@H](C)C(=O)O)cc4)c(C)c3)cc2)cc1. The fraction of sp³-hybridized carbons (Fsp3) is 0.194. The van der Waals surface area contributed by atoms with Gasteiger partial charge in [0.05, 0.1) is 0 Å². The van der Waals surface area contributed by atoms with Crippen LogP contribution in [0.5, 0.6) is 5.75 Å². The Bertz CT molecular complexity index is 1220. The lowest BCUT2D eigenvalue weighted by atomic mass is 9.94. The van der Waals surface area contributed by atoms with E-state index in [0.29, 0.717) is 5.75 Å². The summed E-state index contributed by atoms with van der Waals surface area (Å²) in [4.78, 5) is 11.0. The maximum absolute atomic E-state index is 11.0. The first kappa shape index (κ1) is 24.8. The van der Waals surface area contributed by atoms with Crippen LogP contribution in [0.2, 0.25) is 0 Å². The Hall–Kier alpha value is -3.85. The van der Waals surface area contributed by atoms with E-state index in [1.807, 2.05) is 38.1 Å². The number of benzene rings is 4. The highest BCUT2D eigenvalue weighted by Gasteiger charge is 2.12. The van der Waals surface area contributed by atoms with E-state index in [2.05, 4.69) is 80.6 Å². The van der Waals surface area contributed by atoms with Crippen LogP contribution in [0.1, 0.15) is 31.9 Å². The number of aliphatic carboxylic acids is 1. The number of rotatable bonds is 6. The third-order valence-corrected chi connectivity index (χ3v) is 5.66. The maximum atomic E-state index is 11.0. The van der Waals surface area contributed by atoms with Gasteiger partial charge in [-0.15, -0.1) is 0 Å². The van der Waals surface area contributed by atoms with Crippen molar-refractivity contribution in [2.45, 2.75) is 40.7 Å². The molecule has 0 aliphatic rings. The average molecular weight is 453 g/mol. The summed E-state index contributed by atoms with van der Waals surface area (Å²) >= 11 is 0. The zero-order chi connectivity index (χ0) is 24.7. The van der Waals surface area contributed by atoms with Crippen molar-refractivity contribution in [2.75, 3.05) is 0 Å². The molecule has 0 aromatic heterocycles. The maximum Gasteiger partial charge on any atom is 0.344 e. The van der Waals surface area contributed by atoms with Crippen LogP contribution in [-0.2, 0) is 4.79 Å². The molecule has 0 saturated heterocycles. The van der Waals surface area contributed by atoms with Gasteiger partial charge in [0.2, 0.25) is 0 Å². The summed E-state index contributed by atoms with van der Waals surface area (Å²) in [5.74, 6) is -0.431. The Kier molecular flexibility index (Phi) is 8.26. The van der Waals surface area contributed by atoms with Crippen LogP contribution in [-0.4, -0.2) is 17.2 Å². The Balaban J connectivity index is 0.00000158. The largest absolute Gasteiger partial charge is 0.479 e. The first-order valence-corrected chi connectivity index (χ1v) is 11.7. The van der Waals surface area contributed by atoms with Gasteiger partial charge >= 0.3 is 5.97 Å². The normalized spacial score (nSPS) is 11.2. The van der Waals surface area contributed by atoms with Gasteiger partial charge in [0.25, 0.3) is 0 Å². The van der Waals surface area contributed by atoms with Crippen molar-refractivity contribution in [3.05, 3.63) is 102 Å². The highest BCUT2D eigenvalue weighted by molar-refractivity contribution is 5.76.